The first-order valence-electron chi connectivity index (χ1n) is 5.61. The highest BCUT2D eigenvalue weighted by Gasteiger charge is 2.12. The molecule has 0 spiro atoms. The van der Waals surface area contributed by atoms with Gasteiger partial charge in [0.2, 0.25) is 0 Å². The smallest absolute Gasteiger partial charge is 0.159 e. The Morgan fingerprint density at radius 1 is 1.32 bits per heavy atom. The molecule has 2 aromatic rings. The van der Waals surface area contributed by atoms with Gasteiger partial charge in [0.25, 0.3) is 0 Å². The van der Waals surface area contributed by atoms with Gasteiger partial charge in [-0.1, -0.05) is 12.1 Å². The van der Waals surface area contributed by atoms with E-state index in [4.69, 9.17) is 5.84 Å². The number of benzene rings is 1. The number of anilines is 2. The minimum absolute atomic E-state index is 0.104. The topological polar surface area (TPSA) is 75.9 Å². The highest BCUT2D eigenvalue weighted by Crippen LogP contribution is 2.28. The van der Waals surface area contributed by atoms with E-state index < -0.39 is 0 Å². The molecule has 0 aliphatic rings. The van der Waals surface area contributed by atoms with Crippen LogP contribution in [0, 0.1) is 5.82 Å². The predicted octanol–water partition coefficient (Wildman–Crippen LogP) is 2.84. The molecule has 1 heterocycles. The highest BCUT2D eigenvalue weighted by atomic mass is 79.9. The summed E-state index contributed by atoms with van der Waals surface area (Å²) in [5, 5.41) is 3.17. The maximum Gasteiger partial charge on any atom is 0.159 e. The Labute approximate surface area is 118 Å². The lowest BCUT2D eigenvalue weighted by atomic mass is 10.1. The van der Waals surface area contributed by atoms with E-state index >= 15 is 0 Å². The van der Waals surface area contributed by atoms with Crippen molar-refractivity contribution in [2.75, 3.05) is 10.7 Å². The van der Waals surface area contributed by atoms with Gasteiger partial charge < -0.3 is 10.7 Å². The number of halogens is 2. The van der Waals surface area contributed by atoms with Crippen LogP contribution in [0.4, 0.5) is 16.0 Å². The van der Waals surface area contributed by atoms with Crippen LogP contribution in [0.15, 0.2) is 35.1 Å². The molecule has 0 saturated heterocycles. The summed E-state index contributed by atoms with van der Waals surface area (Å²) in [5.41, 5.74) is 3.29. The number of rotatable bonds is 4. The summed E-state index contributed by atoms with van der Waals surface area (Å²) in [4.78, 5) is 8.07. The molecule has 0 aliphatic heterocycles. The minimum atomic E-state index is -0.266. The van der Waals surface area contributed by atoms with Crippen LogP contribution >= 0.6 is 15.9 Å². The molecule has 1 unspecified atom stereocenters. The maximum absolute atomic E-state index is 13.2. The zero-order valence-corrected chi connectivity index (χ0v) is 11.8. The lowest BCUT2D eigenvalue weighted by molar-refractivity contribution is 0.623. The molecule has 4 N–H and O–H groups in total. The standard InChI is InChI=1S/C12H13BrFN5/c1-7(8-3-2-4-9(14)5-8)18-11-10(13)12(19-15)17-6-16-11/h2-7H,15H2,1H3,(H2,16,17,18,19). The molecular weight excluding hydrogens is 313 g/mol. The van der Waals surface area contributed by atoms with Gasteiger partial charge in [0.1, 0.15) is 22.4 Å². The Morgan fingerprint density at radius 2 is 2.05 bits per heavy atom. The average molecular weight is 326 g/mol. The van der Waals surface area contributed by atoms with Crippen LogP contribution in [0.1, 0.15) is 18.5 Å². The largest absolute Gasteiger partial charge is 0.362 e. The van der Waals surface area contributed by atoms with Gasteiger partial charge in [-0.05, 0) is 40.5 Å². The van der Waals surface area contributed by atoms with Crippen LogP contribution in [0.2, 0.25) is 0 Å². The van der Waals surface area contributed by atoms with E-state index in [1.807, 2.05) is 13.0 Å². The van der Waals surface area contributed by atoms with Gasteiger partial charge >= 0.3 is 0 Å². The van der Waals surface area contributed by atoms with Crippen LogP contribution < -0.4 is 16.6 Å². The number of nitrogens with two attached hydrogens (primary N) is 1. The fourth-order valence-corrected chi connectivity index (χ4v) is 2.07. The Hall–Kier alpha value is -1.73. The van der Waals surface area contributed by atoms with Crippen molar-refractivity contribution in [3.63, 3.8) is 0 Å². The number of nitrogens with zero attached hydrogens (tertiary/aromatic N) is 2. The Bertz CT molecular complexity index is 578. The second-order valence-corrected chi connectivity index (χ2v) is 4.74. The predicted molar refractivity (Wildman–Crippen MR) is 76.0 cm³/mol. The van der Waals surface area contributed by atoms with Crippen LogP contribution in [0.3, 0.4) is 0 Å². The Balaban J connectivity index is 2.21. The van der Waals surface area contributed by atoms with Crippen molar-refractivity contribution in [1.82, 2.24) is 9.97 Å². The number of hydrogen-bond acceptors (Lipinski definition) is 5. The number of aromatic nitrogens is 2. The van der Waals surface area contributed by atoms with Gasteiger partial charge in [-0.25, -0.2) is 20.2 Å². The van der Waals surface area contributed by atoms with Crippen molar-refractivity contribution in [1.29, 1.82) is 0 Å². The van der Waals surface area contributed by atoms with E-state index in [9.17, 15) is 4.39 Å². The number of nitrogen functional groups attached to an aromatic ring is 1. The van der Waals surface area contributed by atoms with Crippen LogP contribution in [0.5, 0.6) is 0 Å². The quantitative estimate of drug-likeness (QED) is 0.595. The molecular formula is C12H13BrFN5. The van der Waals surface area contributed by atoms with Crippen LogP contribution in [-0.2, 0) is 0 Å². The van der Waals surface area contributed by atoms with Gasteiger partial charge in [-0.3, -0.25) is 0 Å². The number of hydrazine groups is 1. The molecule has 5 nitrogen and oxygen atoms in total. The molecule has 0 radical (unpaired) electrons. The van der Waals surface area contributed by atoms with Crippen molar-refractivity contribution < 1.29 is 4.39 Å². The third-order valence-electron chi connectivity index (χ3n) is 2.63. The third kappa shape index (κ3) is 3.18. The summed E-state index contributed by atoms with van der Waals surface area (Å²) in [6, 6.07) is 6.30. The second-order valence-electron chi connectivity index (χ2n) is 3.95. The monoisotopic (exact) mass is 325 g/mol. The molecule has 0 aliphatic carbocycles. The molecule has 1 aromatic carbocycles. The van der Waals surface area contributed by atoms with Crippen molar-refractivity contribution in [2.45, 2.75) is 13.0 Å². The van der Waals surface area contributed by atoms with Crippen molar-refractivity contribution in [3.05, 3.63) is 46.4 Å². The van der Waals surface area contributed by atoms with E-state index in [0.717, 1.165) is 5.56 Å². The average Bonchev–Trinajstić information content (AvgIpc) is 2.41. The lowest BCUT2D eigenvalue weighted by Crippen LogP contribution is -2.13. The van der Waals surface area contributed by atoms with Gasteiger partial charge in [-0.15, -0.1) is 0 Å². The number of hydrogen-bond donors (Lipinski definition) is 3. The summed E-state index contributed by atoms with van der Waals surface area (Å²) in [7, 11) is 0. The first-order valence-corrected chi connectivity index (χ1v) is 6.40. The second kappa shape index (κ2) is 5.94. The van der Waals surface area contributed by atoms with Crippen molar-refractivity contribution >= 4 is 27.6 Å². The van der Waals surface area contributed by atoms with E-state index in [2.05, 4.69) is 36.6 Å². The zero-order valence-electron chi connectivity index (χ0n) is 10.2. The molecule has 0 fully saturated rings. The van der Waals surface area contributed by atoms with Gasteiger partial charge in [0.05, 0.1) is 6.04 Å². The van der Waals surface area contributed by atoms with E-state index in [0.29, 0.717) is 16.1 Å². The molecule has 0 amide bonds. The maximum atomic E-state index is 13.2. The fourth-order valence-electron chi connectivity index (χ4n) is 1.64. The SMILES string of the molecule is CC(Nc1ncnc(NN)c1Br)c1cccc(F)c1. The molecule has 0 bridgehead atoms. The van der Waals surface area contributed by atoms with E-state index in [1.54, 1.807) is 6.07 Å². The van der Waals surface area contributed by atoms with Crippen LogP contribution in [-0.4, -0.2) is 9.97 Å². The van der Waals surface area contributed by atoms with Crippen molar-refractivity contribution in [3.8, 4) is 0 Å². The Kier molecular flexibility index (Phi) is 4.28. The van der Waals surface area contributed by atoms with Gasteiger partial charge in [0.15, 0.2) is 5.82 Å². The summed E-state index contributed by atoms with van der Waals surface area (Å²) in [6.45, 7) is 1.92. The molecule has 100 valence electrons. The number of nitrogens with one attached hydrogen (secondary N) is 2. The summed E-state index contributed by atoms with van der Waals surface area (Å²) < 4.78 is 13.8. The molecule has 0 saturated carbocycles. The normalized spacial score (nSPS) is 12.0. The van der Waals surface area contributed by atoms with Crippen molar-refractivity contribution in [2.24, 2.45) is 5.84 Å². The molecule has 1 aromatic heterocycles. The summed E-state index contributed by atoms with van der Waals surface area (Å²) in [6.07, 6.45) is 1.39. The first-order chi connectivity index (χ1) is 9.11. The molecule has 19 heavy (non-hydrogen) atoms. The molecule has 7 heteroatoms. The highest BCUT2D eigenvalue weighted by molar-refractivity contribution is 9.10. The third-order valence-corrected chi connectivity index (χ3v) is 3.38. The lowest BCUT2D eigenvalue weighted by Gasteiger charge is -2.16. The zero-order chi connectivity index (χ0) is 13.8. The van der Waals surface area contributed by atoms with E-state index in [1.165, 1.54) is 18.5 Å². The van der Waals surface area contributed by atoms with E-state index in [-0.39, 0.29) is 11.9 Å². The van der Waals surface area contributed by atoms with Crippen LogP contribution in [0.25, 0.3) is 0 Å². The molecule has 2 rings (SSSR count). The van der Waals surface area contributed by atoms with Gasteiger partial charge in [-0.2, -0.15) is 0 Å². The molecule has 1 atom stereocenters. The fraction of sp³-hybridized carbons (Fsp3) is 0.167. The Morgan fingerprint density at radius 3 is 2.74 bits per heavy atom. The first kappa shape index (κ1) is 13.7. The van der Waals surface area contributed by atoms with Gasteiger partial charge in [0, 0.05) is 0 Å². The minimum Gasteiger partial charge on any atom is -0.362 e. The summed E-state index contributed by atoms with van der Waals surface area (Å²) in [5.74, 6) is 6.13. The summed E-state index contributed by atoms with van der Waals surface area (Å²) >= 11 is 3.35.